The average molecular weight is 154 g/mol. The van der Waals surface area contributed by atoms with Crippen LogP contribution in [-0.4, -0.2) is 15.8 Å². The molecule has 0 aromatic carbocycles. The van der Waals surface area contributed by atoms with Crippen LogP contribution < -0.4 is 0 Å². The van der Waals surface area contributed by atoms with Crippen molar-refractivity contribution in [3.63, 3.8) is 0 Å². The molecule has 54 valence electrons. The van der Waals surface area contributed by atoms with Gasteiger partial charge in [-0.3, -0.25) is 14.6 Å². The zero-order valence-electron chi connectivity index (χ0n) is 4.77. The molecule has 0 radical (unpaired) electrons. The van der Waals surface area contributed by atoms with Crippen LogP contribution in [0.4, 0.5) is 0 Å². The van der Waals surface area contributed by atoms with Crippen molar-refractivity contribution >= 4 is 13.8 Å². The van der Waals surface area contributed by atoms with E-state index in [1.54, 1.807) is 0 Å². The molecule has 2 N–H and O–H groups in total. The average Bonchev–Trinajstić information content (AvgIpc) is 1.62. The summed E-state index contributed by atoms with van der Waals surface area (Å²) in [5, 5.41) is 0. The topological polar surface area (TPSA) is 83.8 Å². The normalized spacial score (nSPS) is 11.0. The summed E-state index contributed by atoms with van der Waals surface area (Å²) in [6, 6.07) is 0. The van der Waals surface area contributed by atoms with Crippen LogP contribution in [0.15, 0.2) is 0 Å². The second-order valence-corrected chi connectivity index (χ2v) is 2.47. The fourth-order valence-corrected chi connectivity index (χ4v) is 0.592. The third-order valence-corrected chi connectivity index (χ3v) is 0.951. The Labute approximate surface area is 51.9 Å². The van der Waals surface area contributed by atoms with Crippen molar-refractivity contribution in [2.75, 3.05) is 0 Å². The lowest BCUT2D eigenvalue weighted by molar-refractivity contribution is -0.135. The van der Waals surface area contributed by atoms with Gasteiger partial charge in [-0.25, -0.2) is 4.57 Å². The summed E-state index contributed by atoms with van der Waals surface area (Å²) in [7, 11) is -4.59. The predicted octanol–water partition coefficient (Wildman–Crippen LogP) is 0.0323. The Bertz CT molecular complexity index is 146. The summed E-state index contributed by atoms with van der Waals surface area (Å²) in [6.07, 6.45) is -0.0366. The van der Waals surface area contributed by atoms with E-state index in [-0.39, 0.29) is 6.42 Å². The van der Waals surface area contributed by atoms with Crippen molar-refractivity contribution in [3.05, 3.63) is 0 Å². The molecule has 6 heteroatoms. The van der Waals surface area contributed by atoms with E-state index in [1.165, 1.54) is 6.92 Å². The third-order valence-electron chi connectivity index (χ3n) is 0.509. The number of carbonyl (C=O) groups excluding carboxylic acids is 1. The molecule has 0 fully saturated rings. The molecule has 0 saturated carbocycles. The van der Waals surface area contributed by atoms with Gasteiger partial charge in [-0.15, -0.1) is 0 Å². The summed E-state index contributed by atoms with van der Waals surface area (Å²) in [5.74, 6) is -0.900. The highest BCUT2D eigenvalue weighted by molar-refractivity contribution is 7.46. The lowest BCUT2D eigenvalue weighted by atomic mass is 10.5. The van der Waals surface area contributed by atoms with E-state index in [1.807, 2.05) is 0 Å². The van der Waals surface area contributed by atoms with E-state index in [0.717, 1.165) is 0 Å². The lowest BCUT2D eigenvalue weighted by Gasteiger charge is -2.01. The lowest BCUT2D eigenvalue weighted by Crippen LogP contribution is -1.98. The highest BCUT2D eigenvalue weighted by Gasteiger charge is 2.18. The van der Waals surface area contributed by atoms with E-state index in [4.69, 9.17) is 9.79 Å². The predicted molar refractivity (Wildman–Crippen MR) is 28.4 cm³/mol. The first-order valence-corrected chi connectivity index (χ1v) is 3.76. The Hall–Kier alpha value is -0.380. The van der Waals surface area contributed by atoms with E-state index < -0.39 is 13.8 Å². The van der Waals surface area contributed by atoms with Crippen molar-refractivity contribution in [1.82, 2.24) is 0 Å². The van der Waals surface area contributed by atoms with Gasteiger partial charge < -0.3 is 4.52 Å². The zero-order valence-corrected chi connectivity index (χ0v) is 5.67. The maximum absolute atomic E-state index is 10.1. The Morgan fingerprint density at radius 2 is 2.11 bits per heavy atom. The Morgan fingerprint density at radius 3 is 2.22 bits per heavy atom. The van der Waals surface area contributed by atoms with Crippen molar-refractivity contribution < 1.29 is 23.7 Å². The molecule has 5 nitrogen and oxygen atoms in total. The van der Waals surface area contributed by atoms with Crippen LogP contribution in [0.25, 0.3) is 0 Å². The van der Waals surface area contributed by atoms with Crippen molar-refractivity contribution in [1.29, 1.82) is 0 Å². The van der Waals surface area contributed by atoms with Crippen LogP contribution >= 0.6 is 7.82 Å². The fourth-order valence-electron chi connectivity index (χ4n) is 0.197. The van der Waals surface area contributed by atoms with Crippen LogP contribution in [0, 0.1) is 0 Å². The molecule has 9 heavy (non-hydrogen) atoms. The number of hydrogen-bond acceptors (Lipinski definition) is 3. The molecule has 0 atom stereocenters. The monoisotopic (exact) mass is 154 g/mol. The smallest absolute Gasteiger partial charge is 0.371 e. The molecule has 0 rings (SSSR count). The van der Waals surface area contributed by atoms with Gasteiger partial charge in [0.15, 0.2) is 0 Å². The van der Waals surface area contributed by atoms with Crippen LogP contribution in [-0.2, 0) is 13.9 Å². The van der Waals surface area contributed by atoms with Gasteiger partial charge in [-0.2, -0.15) is 0 Å². The van der Waals surface area contributed by atoms with Gasteiger partial charge in [0.25, 0.3) is 0 Å². The van der Waals surface area contributed by atoms with Crippen LogP contribution in [0.5, 0.6) is 0 Å². The van der Waals surface area contributed by atoms with Crippen molar-refractivity contribution in [3.8, 4) is 0 Å². The molecule has 0 spiro atoms. The first-order chi connectivity index (χ1) is 3.95. The van der Waals surface area contributed by atoms with Gasteiger partial charge in [0.05, 0.1) is 0 Å². The number of rotatable bonds is 2. The molecule has 0 aliphatic heterocycles. The summed E-state index contributed by atoms with van der Waals surface area (Å²) >= 11 is 0. The highest BCUT2D eigenvalue weighted by Crippen LogP contribution is 2.35. The fraction of sp³-hybridized carbons (Fsp3) is 0.667. The summed E-state index contributed by atoms with van der Waals surface area (Å²) < 4.78 is 13.5. The van der Waals surface area contributed by atoms with Crippen LogP contribution in [0.3, 0.4) is 0 Å². The standard InChI is InChI=1S/C3H7O5P/c1-2-3(4)8-9(5,6)7/h2H2,1H3,(H2,5,6,7). The molecule has 0 aliphatic carbocycles. The molecule has 0 heterocycles. The number of phosphoric acid groups is 1. The molecule has 0 amide bonds. The third kappa shape index (κ3) is 5.49. The SMILES string of the molecule is CCC(=O)OP(=O)(O)O. The molecule has 0 unspecified atom stereocenters. The second-order valence-electron chi connectivity index (χ2n) is 1.31. The van der Waals surface area contributed by atoms with Gasteiger partial charge in [-0.1, -0.05) is 6.92 Å². The molecule has 0 saturated heterocycles. The molecule has 0 aromatic heterocycles. The Kier molecular flexibility index (Phi) is 2.84. The molecule has 0 aromatic rings. The van der Waals surface area contributed by atoms with Gasteiger partial charge in [0.2, 0.25) is 0 Å². The summed E-state index contributed by atoms with van der Waals surface area (Å²) in [6.45, 7) is 1.44. The molecule has 0 aliphatic rings. The Balaban J connectivity index is 3.75. The minimum atomic E-state index is -4.59. The number of phosphoric ester groups is 1. The van der Waals surface area contributed by atoms with Gasteiger partial charge in [0.1, 0.15) is 0 Å². The van der Waals surface area contributed by atoms with E-state index in [9.17, 15) is 9.36 Å². The van der Waals surface area contributed by atoms with E-state index >= 15 is 0 Å². The largest absolute Gasteiger partial charge is 0.526 e. The first kappa shape index (κ1) is 8.62. The zero-order chi connectivity index (χ0) is 7.49. The minimum Gasteiger partial charge on any atom is -0.371 e. The van der Waals surface area contributed by atoms with Gasteiger partial charge >= 0.3 is 13.8 Å². The maximum atomic E-state index is 10.1. The Morgan fingerprint density at radius 1 is 1.67 bits per heavy atom. The summed E-state index contributed by atoms with van der Waals surface area (Å²) in [4.78, 5) is 26.1. The quantitative estimate of drug-likeness (QED) is 0.548. The molecule has 0 bridgehead atoms. The van der Waals surface area contributed by atoms with Crippen LogP contribution in [0.1, 0.15) is 13.3 Å². The first-order valence-electron chi connectivity index (χ1n) is 2.23. The second kappa shape index (κ2) is 2.96. The summed E-state index contributed by atoms with van der Waals surface area (Å²) in [5.41, 5.74) is 0. The number of carbonyl (C=O) groups is 1. The minimum absolute atomic E-state index is 0.0366. The van der Waals surface area contributed by atoms with E-state index in [0.29, 0.717) is 0 Å². The van der Waals surface area contributed by atoms with Gasteiger partial charge in [0, 0.05) is 6.42 Å². The molecular weight excluding hydrogens is 147 g/mol. The van der Waals surface area contributed by atoms with E-state index in [2.05, 4.69) is 4.52 Å². The molecular formula is C3H7O5P. The van der Waals surface area contributed by atoms with Crippen molar-refractivity contribution in [2.45, 2.75) is 13.3 Å². The number of hydrogen-bond donors (Lipinski definition) is 2. The van der Waals surface area contributed by atoms with Gasteiger partial charge in [-0.05, 0) is 0 Å². The van der Waals surface area contributed by atoms with Crippen molar-refractivity contribution in [2.24, 2.45) is 0 Å². The highest BCUT2D eigenvalue weighted by atomic mass is 31.2. The maximum Gasteiger partial charge on any atom is 0.526 e. The van der Waals surface area contributed by atoms with Crippen LogP contribution in [0.2, 0.25) is 0 Å².